The number of carbonyl (C=O) groups excluding carboxylic acids is 1. The van der Waals surface area contributed by atoms with Gasteiger partial charge in [0.1, 0.15) is 0 Å². The van der Waals surface area contributed by atoms with Crippen LogP contribution in [0.3, 0.4) is 0 Å². The molecule has 0 aliphatic carbocycles. The van der Waals surface area contributed by atoms with Crippen LogP contribution in [0.25, 0.3) is 11.3 Å². The van der Waals surface area contributed by atoms with Crippen molar-refractivity contribution in [2.45, 2.75) is 13.0 Å². The molecule has 1 aromatic carbocycles. The molecule has 1 unspecified atom stereocenters. The molecule has 0 bridgehead atoms. The second kappa shape index (κ2) is 6.76. The number of aromatic nitrogens is 1. The first-order valence-electron chi connectivity index (χ1n) is 7.14. The van der Waals surface area contributed by atoms with Gasteiger partial charge in [-0.1, -0.05) is 29.8 Å². The zero-order chi connectivity index (χ0) is 16.2. The van der Waals surface area contributed by atoms with E-state index in [-0.39, 0.29) is 18.1 Å². The number of amides is 1. The number of nitrogens with zero attached hydrogens (tertiary/aromatic N) is 1. The van der Waals surface area contributed by atoms with Crippen molar-refractivity contribution >= 4 is 17.2 Å². The summed E-state index contributed by atoms with van der Waals surface area (Å²) in [5, 5.41) is 16.4. The van der Waals surface area contributed by atoms with Gasteiger partial charge in [0.2, 0.25) is 0 Å². The molecule has 5 nitrogen and oxygen atoms in total. The molecule has 0 aliphatic rings. The second-order valence-electron chi connectivity index (χ2n) is 5.18. The van der Waals surface area contributed by atoms with E-state index in [1.54, 1.807) is 0 Å². The Hall–Kier alpha value is -2.44. The second-order valence-corrected chi connectivity index (χ2v) is 5.96. The summed E-state index contributed by atoms with van der Waals surface area (Å²) in [4.78, 5) is 16.3. The number of thiophene rings is 1. The quantitative estimate of drug-likeness (QED) is 0.754. The van der Waals surface area contributed by atoms with Crippen molar-refractivity contribution in [2.75, 3.05) is 6.54 Å². The van der Waals surface area contributed by atoms with Crippen LogP contribution in [0.2, 0.25) is 0 Å². The molecule has 2 N–H and O–H groups in total. The third-order valence-electron chi connectivity index (χ3n) is 3.48. The van der Waals surface area contributed by atoms with E-state index in [0.29, 0.717) is 5.76 Å². The summed E-state index contributed by atoms with van der Waals surface area (Å²) in [6.45, 7) is 2.11. The van der Waals surface area contributed by atoms with E-state index < -0.39 is 6.10 Å². The lowest BCUT2D eigenvalue weighted by molar-refractivity contribution is 0.0912. The standard InChI is InChI=1S/C17H16N2O3S/c1-11-2-4-12(5-3-11)16-15(19-10-22-16)17(21)18-8-14(20)13-6-7-23-9-13/h2-7,9-10,14,20H,8H2,1H3,(H,18,21). The Morgan fingerprint density at radius 1 is 1.35 bits per heavy atom. The van der Waals surface area contributed by atoms with E-state index in [0.717, 1.165) is 16.7 Å². The Bertz CT molecular complexity index is 779. The molecule has 0 spiro atoms. The van der Waals surface area contributed by atoms with Crippen molar-refractivity contribution in [1.29, 1.82) is 0 Å². The lowest BCUT2D eigenvalue weighted by atomic mass is 10.1. The molecule has 0 aliphatic heterocycles. The molecule has 23 heavy (non-hydrogen) atoms. The number of aliphatic hydroxyl groups excluding tert-OH is 1. The summed E-state index contributed by atoms with van der Waals surface area (Å²) in [6.07, 6.45) is 0.513. The van der Waals surface area contributed by atoms with Crippen molar-refractivity contribution < 1.29 is 14.3 Å². The van der Waals surface area contributed by atoms with Gasteiger partial charge in [0.05, 0.1) is 6.10 Å². The van der Waals surface area contributed by atoms with Crippen LogP contribution in [-0.4, -0.2) is 22.5 Å². The molecule has 3 aromatic rings. The van der Waals surface area contributed by atoms with Crippen molar-refractivity contribution in [3.05, 3.63) is 64.3 Å². The molecule has 2 heterocycles. The van der Waals surface area contributed by atoms with Crippen molar-refractivity contribution in [3.63, 3.8) is 0 Å². The zero-order valence-corrected chi connectivity index (χ0v) is 13.3. The highest BCUT2D eigenvalue weighted by Gasteiger charge is 2.19. The maximum Gasteiger partial charge on any atom is 0.274 e. The summed E-state index contributed by atoms with van der Waals surface area (Å²) < 4.78 is 5.36. The Kier molecular flexibility index (Phi) is 4.55. The Labute approximate surface area is 137 Å². The van der Waals surface area contributed by atoms with E-state index in [1.165, 1.54) is 17.7 Å². The molecular weight excluding hydrogens is 312 g/mol. The van der Waals surface area contributed by atoms with Gasteiger partial charge in [-0.3, -0.25) is 4.79 Å². The molecule has 1 atom stereocenters. The highest BCUT2D eigenvalue weighted by atomic mass is 32.1. The van der Waals surface area contributed by atoms with Gasteiger partial charge in [0, 0.05) is 12.1 Å². The van der Waals surface area contributed by atoms with E-state index in [9.17, 15) is 9.90 Å². The lowest BCUT2D eigenvalue weighted by Crippen LogP contribution is -2.28. The van der Waals surface area contributed by atoms with Gasteiger partial charge in [-0.05, 0) is 29.3 Å². The largest absolute Gasteiger partial charge is 0.443 e. The van der Waals surface area contributed by atoms with E-state index >= 15 is 0 Å². The number of hydrogen-bond donors (Lipinski definition) is 2. The van der Waals surface area contributed by atoms with Gasteiger partial charge in [0.25, 0.3) is 5.91 Å². The van der Waals surface area contributed by atoms with Crippen molar-refractivity contribution in [1.82, 2.24) is 10.3 Å². The molecular formula is C17H16N2O3S. The SMILES string of the molecule is Cc1ccc(-c2ocnc2C(=O)NCC(O)c2ccsc2)cc1. The fourth-order valence-corrected chi connectivity index (χ4v) is 2.88. The Morgan fingerprint density at radius 2 is 2.13 bits per heavy atom. The minimum Gasteiger partial charge on any atom is -0.443 e. The van der Waals surface area contributed by atoms with Crippen LogP contribution in [0, 0.1) is 6.92 Å². The third-order valence-corrected chi connectivity index (χ3v) is 4.18. The van der Waals surface area contributed by atoms with Gasteiger partial charge in [-0.2, -0.15) is 11.3 Å². The minimum atomic E-state index is -0.736. The van der Waals surface area contributed by atoms with Gasteiger partial charge in [-0.25, -0.2) is 4.98 Å². The molecule has 1 amide bonds. The predicted molar refractivity (Wildman–Crippen MR) is 88.3 cm³/mol. The first-order chi connectivity index (χ1) is 11.1. The molecule has 0 saturated heterocycles. The predicted octanol–water partition coefficient (Wildman–Crippen LogP) is 3.17. The van der Waals surface area contributed by atoms with Crippen LogP contribution in [0.1, 0.15) is 27.7 Å². The third kappa shape index (κ3) is 3.49. The maximum absolute atomic E-state index is 12.3. The number of carbonyl (C=O) groups is 1. The normalized spacial score (nSPS) is 12.1. The van der Waals surface area contributed by atoms with Gasteiger partial charge < -0.3 is 14.8 Å². The number of benzene rings is 1. The summed E-state index contributed by atoms with van der Waals surface area (Å²) in [5.41, 5.74) is 2.91. The lowest BCUT2D eigenvalue weighted by Gasteiger charge is -2.10. The first-order valence-corrected chi connectivity index (χ1v) is 8.08. The Morgan fingerprint density at radius 3 is 2.83 bits per heavy atom. The number of aliphatic hydroxyl groups is 1. The summed E-state index contributed by atoms with van der Waals surface area (Å²) >= 11 is 1.50. The van der Waals surface area contributed by atoms with Crippen molar-refractivity contribution in [2.24, 2.45) is 0 Å². The van der Waals surface area contributed by atoms with Crippen LogP contribution in [0.4, 0.5) is 0 Å². The Balaban J connectivity index is 1.71. The van der Waals surface area contributed by atoms with Crippen LogP contribution < -0.4 is 5.32 Å². The number of nitrogens with one attached hydrogen (secondary N) is 1. The highest BCUT2D eigenvalue weighted by molar-refractivity contribution is 7.07. The molecule has 3 rings (SSSR count). The number of oxazole rings is 1. The number of rotatable bonds is 5. The monoisotopic (exact) mass is 328 g/mol. The van der Waals surface area contributed by atoms with E-state index in [4.69, 9.17) is 4.42 Å². The zero-order valence-electron chi connectivity index (χ0n) is 12.5. The summed E-state index contributed by atoms with van der Waals surface area (Å²) in [5.74, 6) is 0.0520. The van der Waals surface area contributed by atoms with Gasteiger partial charge in [-0.15, -0.1) is 0 Å². The van der Waals surface area contributed by atoms with Crippen molar-refractivity contribution in [3.8, 4) is 11.3 Å². The van der Waals surface area contributed by atoms with Crippen LogP contribution >= 0.6 is 11.3 Å². The smallest absolute Gasteiger partial charge is 0.274 e. The van der Waals surface area contributed by atoms with Crippen LogP contribution in [0.5, 0.6) is 0 Å². The minimum absolute atomic E-state index is 0.121. The fourth-order valence-electron chi connectivity index (χ4n) is 2.17. The molecule has 2 aromatic heterocycles. The topological polar surface area (TPSA) is 75.4 Å². The average molecular weight is 328 g/mol. The molecule has 0 radical (unpaired) electrons. The number of hydrogen-bond acceptors (Lipinski definition) is 5. The number of aryl methyl sites for hydroxylation is 1. The molecule has 0 saturated carbocycles. The average Bonchev–Trinajstić information content (AvgIpc) is 3.24. The van der Waals surface area contributed by atoms with Crippen LogP contribution in [0.15, 0.2) is 51.9 Å². The highest BCUT2D eigenvalue weighted by Crippen LogP contribution is 2.23. The van der Waals surface area contributed by atoms with Crippen LogP contribution in [-0.2, 0) is 0 Å². The summed E-state index contributed by atoms with van der Waals surface area (Å²) in [7, 11) is 0. The molecule has 6 heteroatoms. The van der Waals surface area contributed by atoms with Gasteiger partial charge in [0.15, 0.2) is 17.8 Å². The maximum atomic E-state index is 12.3. The first kappa shape index (κ1) is 15.5. The fraction of sp³-hybridized carbons (Fsp3) is 0.176. The molecule has 0 fully saturated rings. The van der Waals surface area contributed by atoms with E-state index in [2.05, 4.69) is 10.3 Å². The molecule has 118 valence electrons. The van der Waals surface area contributed by atoms with Gasteiger partial charge >= 0.3 is 0 Å². The van der Waals surface area contributed by atoms with E-state index in [1.807, 2.05) is 48.0 Å². The summed E-state index contributed by atoms with van der Waals surface area (Å²) in [6, 6.07) is 9.48.